The molecule has 0 saturated heterocycles. The van der Waals surface area contributed by atoms with Crippen LogP contribution in [0.1, 0.15) is 22.8 Å². The second kappa shape index (κ2) is 6.21. The van der Waals surface area contributed by atoms with Crippen LogP contribution in [0.3, 0.4) is 0 Å². The zero-order valence-corrected chi connectivity index (χ0v) is 9.99. The van der Waals surface area contributed by atoms with E-state index in [-0.39, 0.29) is 17.7 Å². The average Bonchev–Trinajstić information content (AvgIpc) is 2.29. The fourth-order valence-electron chi connectivity index (χ4n) is 1.46. The van der Waals surface area contributed by atoms with E-state index in [1.54, 1.807) is 6.92 Å². The summed E-state index contributed by atoms with van der Waals surface area (Å²) in [6, 6.07) is 3.57. The lowest BCUT2D eigenvalue weighted by Crippen LogP contribution is -2.19. The molecule has 7 heteroatoms. The highest BCUT2D eigenvalue weighted by Crippen LogP contribution is 2.28. The van der Waals surface area contributed by atoms with Crippen LogP contribution >= 0.6 is 0 Å². The van der Waals surface area contributed by atoms with Crippen molar-refractivity contribution in [2.75, 3.05) is 6.61 Å². The summed E-state index contributed by atoms with van der Waals surface area (Å²) in [6.07, 6.45) is -5.00. The molecule has 1 rings (SSSR count). The molecule has 1 aromatic rings. The molecule has 0 aromatic heterocycles. The molecule has 0 aliphatic heterocycles. The summed E-state index contributed by atoms with van der Waals surface area (Å²) in [5.74, 6) is -1.31. The Morgan fingerprint density at radius 1 is 1.37 bits per heavy atom. The van der Waals surface area contributed by atoms with Gasteiger partial charge in [0.15, 0.2) is 0 Å². The summed E-state index contributed by atoms with van der Waals surface area (Å²) in [4.78, 5) is 22.1. The van der Waals surface area contributed by atoms with Gasteiger partial charge in [-0.2, -0.15) is 0 Å². The van der Waals surface area contributed by atoms with Gasteiger partial charge in [0.05, 0.1) is 13.0 Å². The Morgan fingerprint density at radius 2 is 2.05 bits per heavy atom. The van der Waals surface area contributed by atoms with Crippen LogP contribution in [0.15, 0.2) is 18.2 Å². The Morgan fingerprint density at radius 3 is 2.58 bits per heavy atom. The summed E-state index contributed by atoms with van der Waals surface area (Å²) >= 11 is 0. The van der Waals surface area contributed by atoms with Gasteiger partial charge >= 0.3 is 12.3 Å². The third-order valence-electron chi connectivity index (χ3n) is 2.15. The monoisotopic (exact) mass is 276 g/mol. The minimum atomic E-state index is -4.90. The van der Waals surface area contributed by atoms with E-state index in [1.807, 2.05) is 0 Å². The lowest BCUT2D eigenvalue weighted by molar-refractivity contribution is -0.275. The summed E-state index contributed by atoms with van der Waals surface area (Å²) in [5, 5.41) is 0. The maximum atomic E-state index is 12.2. The standard InChI is InChI=1S/C12H11F3O4/c1-2-18-11(17)6-9-8(7-16)4-3-5-10(9)19-12(13,14)15/h3-5,7H,2,6H2,1H3. The number of aldehydes is 1. The predicted octanol–water partition coefficient (Wildman–Crippen LogP) is 2.50. The lowest BCUT2D eigenvalue weighted by atomic mass is 10.0. The van der Waals surface area contributed by atoms with Crippen molar-refractivity contribution in [3.8, 4) is 5.75 Å². The van der Waals surface area contributed by atoms with Gasteiger partial charge < -0.3 is 9.47 Å². The molecule has 0 N–H and O–H groups in total. The van der Waals surface area contributed by atoms with Crippen LogP contribution in [0.25, 0.3) is 0 Å². The van der Waals surface area contributed by atoms with Crippen molar-refractivity contribution in [2.45, 2.75) is 19.7 Å². The van der Waals surface area contributed by atoms with E-state index in [0.29, 0.717) is 6.29 Å². The second-order valence-corrected chi connectivity index (χ2v) is 3.47. The van der Waals surface area contributed by atoms with Crippen LogP contribution in [0.4, 0.5) is 13.2 Å². The Bertz CT molecular complexity index is 469. The Kier molecular flexibility index (Phi) is 4.91. The number of ether oxygens (including phenoxy) is 2. The normalized spacial score (nSPS) is 10.9. The fourth-order valence-corrected chi connectivity index (χ4v) is 1.46. The van der Waals surface area contributed by atoms with Gasteiger partial charge in [0.2, 0.25) is 0 Å². The first-order chi connectivity index (χ1) is 8.87. The molecule has 0 unspecified atom stereocenters. The summed E-state index contributed by atoms with van der Waals surface area (Å²) < 4.78 is 45.1. The number of rotatable bonds is 5. The zero-order valence-electron chi connectivity index (χ0n) is 9.99. The number of halogens is 3. The molecule has 0 saturated carbocycles. The van der Waals surface area contributed by atoms with E-state index in [2.05, 4.69) is 9.47 Å². The molecule has 0 aliphatic rings. The highest BCUT2D eigenvalue weighted by Gasteiger charge is 2.32. The van der Waals surface area contributed by atoms with Crippen molar-refractivity contribution in [3.63, 3.8) is 0 Å². The van der Waals surface area contributed by atoms with E-state index in [0.717, 1.165) is 6.07 Å². The molecule has 0 spiro atoms. The smallest absolute Gasteiger partial charge is 0.466 e. The molecule has 0 aliphatic carbocycles. The lowest BCUT2D eigenvalue weighted by Gasteiger charge is -2.14. The molecular weight excluding hydrogens is 265 g/mol. The Balaban J connectivity index is 3.09. The number of alkyl halides is 3. The third-order valence-corrected chi connectivity index (χ3v) is 2.15. The predicted molar refractivity (Wildman–Crippen MR) is 58.8 cm³/mol. The maximum absolute atomic E-state index is 12.2. The molecule has 0 amide bonds. The van der Waals surface area contributed by atoms with Crippen LogP contribution in [-0.4, -0.2) is 25.2 Å². The molecule has 0 bridgehead atoms. The van der Waals surface area contributed by atoms with Crippen molar-refractivity contribution < 1.29 is 32.2 Å². The first-order valence-electron chi connectivity index (χ1n) is 5.35. The summed E-state index contributed by atoms with van der Waals surface area (Å²) in [7, 11) is 0. The number of esters is 1. The summed E-state index contributed by atoms with van der Waals surface area (Å²) in [5.41, 5.74) is -0.192. The van der Waals surface area contributed by atoms with Gasteiger partial charge in [-0.15, -0.1) is 13.2 Å². The molecule has 19 heavy (non-hydrogen) atoms. The Hall–Kier alpha value is -2.05. The molecule has 1 aromatic carbocycles. The first-order valence-corrected chi connectivity index (χ1v) is 5.35. The van der Waals surface area contributed by atoms with E-state index < -0.39 is 24.5 Å². The van der Waals surface area contributed by atoms with Crippen LogP contribution in [-0.2, 0) is 16.0 Å². The van der Waals surface area contributed by atoms with Crippen molar-refractivity contribution in [1.82, 2.24) is 0 Å². The van der Waals surface area contributed by atoms with Crippen LogP contribution in [0.5, 0.6) is 5.75 Å². The van der Waals surface area contributed by atoms with Crippen molar-refractivity contribution in [1.29, 1.82) is 0 Å². The van der Waals surface area contributed by atoms with E-state index in [9.17, 15) is 22.8 Å². The van der Waals surface area contributed by atoms with Gasteiger partial charge in [-0.05, 0) is 13.0 Å². The topological polar surface area (TPSA) is 52.6 Å². The Labute approximate surface area is 107 Å². The highest BCUT2D eigenvalue weighted by molar-refractivity contribution is 5.83. The van der Waals surface area contributed by atoms with Crippen LogP contribution in [0.2, 0.25) is 0 Å². The number of carbonyl (C=O) groups excluding carboxylic acids is 2. The number of carbonyl (C=O) groups is 2. The minimum absolute atomic E-state index is 0.0465. The van der Waals surface area contributed by atoms with Crippen molar-refractivity contribution >= 4 is 12.3 Å². The quantitative estimate of drug-likeness (QED) is 0.612. The SMILES string of the molecule is CCOC(=O)Cc1c(C=O)cccc1OC(F)(F)F. The second-order valence-electron chi connectivity index (χ2n) is 3.47. The first kappa shape index (κ1) is 15.0. The summed E-state index contributed by atoms with van der Waals surface area (Å²) in [6.45, 7) is 1.66. The zero-order chi connectivity index (χ0) is 14.5. The van der Waals surface area contributed by atoms with E-state index in [4.69, 9.17) is 0 Å². The van der Waals surface area contributed by atoms with Gasteiger partial charge in [-0.1, -0.05) is 12.1 Å². The maximum Gasteiger partial charge on any atom is 0.573 e. The molecule has 104 valence electrons. The van der Waals surface area contributed by atoms with Gasteiger partial charge in [0.25, 0.3) is 0 Å². The van der Waals surface area contributed by atoms with Gasteiger partial charge in [-0.3, -0.25) is 9.59 Å². The van der Waals surface area contributed by atoms with Gasteiger partial charge in [0.1, 0.15) is 12.0 Å². The molecule has 0 heterocycles. The number of benzene rings is 1. The largest absolute Gasteiger partial charge is 0.573 e. The average molecular weight is 276 g/mol. The van der Waals surface area contributed by atoms with Gasteiger partial charge in [-0.25, -0.2) is 0 Å². The van der Waals surface area contributed by atoms with Crippen LogP contribution < -0.4 is 4.74 Å². The fraction of sp³-hybridized carbons (Fsp3) is 0.333. The minimum Gasteiger partial charge on any atom is -0.466 e. The highest BCUT2D eigenvalue weighted by atomic mass is 19.4. The molecular formula is C12H11F3O4. The molecule has 0 fully saturated rings. The van der Waals surface area contributed by atoms with E-state index >= 15 is 0 Å². The molecule has 4 nitrogen and oxygen atoms in total. The molecule has 0 radical (unpaired) electrons. The van der Waals surface area contributed by atoms with E-state index in [1.165, 1.54) is 12.1 Å². The van der Waals surface area contributed by atoms with Crippen molar-refractivity contribution in [2.24, 2.45) is 0 Å². The van der Waals surface area contributed by atoms with Gasteiger partial charge in [0, 0.05) is 11.1 Å². The van der Waals surface area contributed by atoms with Crippen LogP contribution in [0, 0.1) is 0 Å². The van der Waals surface area contributed by atoms with Crippen molar-refractivity contribution in [3.05, 3.63) is 29.3 Å². The third kappa shape index (κ3) is 4.61. The number of hydrogen-bond acceptors (Lipinski definition) is 4. The molecule has 0 atom stereocenters. The number of hydrogen-bond donors (Lipinski definition) is 0.